The quantitative estimate of drug-likeness (QED) is 0.586. The van der Waals surface area contributed by atoms with Gasteiger partial charge in [0.05, 0.1) is 28.5 Å². The summed E-state index contributed by atoms with van der Waals surface area (Å²) in [5.74, 6) is -0.459. The molecule has 0 bridgehead atoms. The second-order valence-corrected chi connectivity index (χ2v) is 8.21. The number of nitrogens with zero attached hydrogens (tertiary/aromatic N) is 2. The van der Waals surface area contributed by atoms with E-state index in [0.717, 1.165) is 11.1 Å². The molecule has 0 N–H and O–H groups in total. The Morgan fingerprint density at radius 2 is 1.90 bits per heavy atom. The lowest BCUT2D eigenvalue weighted by Gasteiger charge is -2.24. The zero-order chi connectivity index (χ0) is 21.3. The van der Waals surface area contributed by atoms with Crippen molar-refractivity contribution >= 4 is 35.0 Å². The van der Waals surface area contributed by atoms with Crippen LogP contribution in [0.4, 0.5) is 0 Å². The molecule has 0 aliphatic carbocycles. The van der Waals surface area contributed by atoms with Crippen LogP contribution in [0.2, 0.25) is 5.02 Å². The first kappa shape index (κ1) is 20.3. The molecule has 2 aromatic carbocycles. The smallest absolute Gasteiger partial charge is 0.338 e. The predicted octanol–water partition coefficient (Wildman–Crippen LogP) is 3.45. The molecule has 0 amide bonds. The highest BCUT2D eigenvalue weighted by Gasteiger charge is 2.33. The van der Waals surface area contributed by atoms with Crippen LogP contribution in [0.5, 0.6) is 0 Å². The van der Waals surface area contributed by atoms with Gasteiger partial charge >= 0.3 is 5.97 Å². The summed E-state index contributed by atoms with van der Waals surface area (Å²) in [4.78, 5) is 31.3. The third-order valence-corrected chi connectivity index (χ3v) is 6.04. The first-order valence-electron chi connectivity index (χ1n) is 9.49. The number of esters is 1. The van der Waals surface area contributed by atoms with E-state index in [1.54, 1.807) is 30.5 Å². The van der Waals surface area contributed by atoms with Crippen molar-refractivity contribution < 1.29 is 9.53 Å². The minimum absolute atomic E-state index is 0.197. The van der Waals surface area contributed by atoms with E-state index >= 15 is 0 Å². The highest BCUT2D eigenvalue weighted by atomic mass is 35.5. The fraction of sp³-hybridized carbons (Fsp3) is 0.174. The molecule has 30 heavy (non-hydrogen) atoms. The monoisotopic (exact) mass is 438 g/mol. The SMILES string of the molecule is CCOC(=O)C1=C(C)N=c2sc(=Cc3ccc(Cl)cc3)c(=O)n2[C@H]1c1ccccc1. The van der Waals surface area contributed by atoms with Gasteiger partial charge in [-0.3, -0.25) is 9.36 Å². The molecule has 0 spiro atoms. The largest absolute Gasteiger partial charge is 0.463 e. The van der Waals surface area contributed by atoms with Crippen molar-refractivity contribution in [3.63, 3.8) is 0 Å². The Bertz CT molecular complexity index is 1310. The van der Waals surface area contributed by atoms with Crippen LogP contribution in [-0.4, -0.2) is 17.1 Å². The van der Waals surface area contributed by atoms with Gasteiger partial charge in [0, 0.05) is 5.02 Å². The van der Waals surface area contributed by atoms with Crippen molar-refractivity contribution in [2.24, 2.45) is 4.99 Å². The highest BCUT2D eigenvalue weighted by molar-refractivity contribution is 7.07. The van der Waals surface area contributed by atoms with Crippen LogP contribution < -0.4 is 14.9 Å². The lowest BCUT2D eigenvalue weighted by atomic mass is 9.96. The summed E-state index contributed by atoms with van der Waals surface area (Å²) in [5.41, 5.74) is 2.43. The molecule has 7 heteroatoms. The van der Waals surface area contributed by atoms with Crippen LogP contribution in [0.1, 0.15) is 31.0 Å². The Hall–Kier alpha value is -2.96. The van der Waals surface area contributed by atoms with Gasteiger partial charge in [0.15, 0.2) is 4.80 Å². The molecule has 5 nitrogen and oxygen atoms in total. The van der Waals surface area contributed by atoms with Crippen molar-refractivity contribution in [2.45, 2.75) is 19.9 Å². The summed E-state index contributed by atoms with van der Waals surface area (Å²) < 4.78 is 7.40. The van der Waals surface area contributed by atoms with E-state index in [-0.39, 0.29) is 12.2 Å². The summed E-state index contributed by atoms with van der Waals surface area (Å²) in [6.07, 6.45) is 1.81. The Balaban J connectivity index is 1.94. The van der Waals surface area contributed by atoms with E-state index in [4.69, 9.17) is 16.3 Å². The zero-order valence-electron chi connectivity index (χ0n) is 16.5. The van der Waals surface area contributed by atoms with E-state index in [2.05, 4.69) is 4.99 Å². The number of thiazole rings is 1. The molecule has 0 saturated heterocycles. The average molecular weight is 439 g/mol. The van der Waals surface area contributed by atoms with Gasteiger partial charge in [0.25, 0.3) is 5.56 Å². The normalized spacial score (nSPS) is 16.2. The van der Waals surface area contributed by atoms with Crippen LogP contribution in [0.3, 0.4) is 0 Å². The Kier molecular flexibility index (Phi) is 5.70. The van der Waals surface area contributed by atoms with Gasteiger partial charge in [-0.1, -0.05) is 65.4 Å². The van der Waals surface area contributed by atoms with Gasteiger partial charge in [0.1, 0.15) is 0 Å². The number of rotatable bonds is 4. The van der Waals surface area contributed by atoms with Gasteiger partial charge in [-0.05, 0) is 43.2 Å². The van der Waals surface area contributed by atoms with E-state index in [1.807, 2.05) is 48.5 Å². The van der Waals surface area contributed by atoms with E-state index in [9.17, 15) is 9.59 Å². The summed E-state index contributed by atoms with van der Waals surface area (Å²) >= 11 is 7.26. The maximum absolute atomic E-state index is 13.4. The van der Waals surface area contributed by atoms with Gasteiger partial charge in [0.2, 0.25) is 0 Å². The summed E-state index contributed by atoms with van der Waals surface area (Å²) in [5, 5.41) is 0.632. The second kappa shape index (κ2) is 8.42. The minimum Gasteiger partial charge on any atom is -0.463 e. The number of hydrogen-bond acceptors (Lipinski definition) is 5. The molecule has 3 aromatic rings. The number of fused-ring (bicyclic) bond motifs is 1. The van der Waals surface area contributed by atoms with Crippen LogP contribution in [0, 0.1) is 0 Å². The first-order chi connectivity index (χ1) is 14.5. The zero-order valence-corrected chi connectivity index (χ0v) is 18.0. The molecule has 1 aliphatic rings. The molecular formula is C23H19ClN2O3S. The highest BCUT2D eigenvalue weighted by Crippen LogP contribution is 2.30. The van der Waals surface area contributed by atoms with E-state index < -0.39 is 12.0 Å². The summed E-state index contributed by atoms with van der Waals surface area (Å²) in [6, 6.07) is 16.1. The number of allylic oxidation sites excluding steroid dienone is 1. The number of halogens is 1. The maximum atomic E-state index is 13.4. The van der Waals surface area contributed by atoms with Crippen molar-refractivity contribution in [1.29, 1.82) is 0 Å². The van der Waals surface area contributed by atoms with Crippen LogP contribution >= 0.6 is 22.9 Å². The molecule has 0 saturated carbocycles. The average Bonchev–Trinajstić information content (AvgIpc) is 3.04. The molecule has 152 valence electrons. The van der Waals surface area contributed by atoms with Gasteiger partial charge in [-0.25, -0.2) is 9.79 Å². The lowest BCUT2D eigenvalue weighted by Crippen LogP contribution is -2.39. The van der Waals surface area contributed by atoms with Gasteiger partial charge < -0.3 is 4.74 Å². The molecule has 0 fully saturated rings. The van der Waals surface area contributed by atoms with Gasteiger partial charge in [-0.15, -0.1) is 0 Å². The molecule has 4 rings (SSSR count). The van der Waals surface area contributed by atoms with Crippen molar-refractivity contribution in [3.05, 3.63) is 102 Å². The summed E-state index contributed by atoms with van der Waals surface area (Å²) in [6.45, 7) is 3.78. The Morgan fingerprint density at radius 3 is 2.57 bits per heavy atom. The molecule has 1 aromatic heterocycles. The molecule has 1 atom stereocenters. The first-order valence-corrected chi connectivity index (χ1v) is 10.7. The number of benzene rings is 2. The van der Waals surface area contributed by atoms with Crippen LogP contribution in [0.25, 0.3) is 6.08 Å². The maximum Gasteiger partial charge on any atom is 0.338 e. The lowest BCUT2D eigenvalue weighted by molar-refractivity contribution is -0.139. The molecule has 1 aliphatic heterocycles. The van der Waals surface area contributed by atoms with Crippen molar-refractivity contribution in [3.8, 4) is 0 Å². The Morgan fingerprint density at radius 1 is 1.20 bits per heavy atom. The predicted molar refractivity (Wildman–Crippen MR) is 118 cm³/mol. The number of aromatic nitrogens is 1. The summed E-state index contributed by atoms with van der Waals surface area (Å²) in [7, 11) is 0. The Labute approximate surface area is 182 Å². The molecular weight excluding hydrogens is 420 g/mol. The van der Waals surface area contributed by atoms with E-state index in [1.165, 1.54) is 11.3 Å². The minimum atomic E-state index is -0.589. The van der Waals surface area contributed by atoms with Crippen LogP contribution in [-0.2, 0) is 9.53 Å². The second-order valence-electron chi connectivity index (χ2n) is 6.76. The van der Waals surface area contributed by atoms with E-state index in [0.29, 0.717) is 25.6 Å². The standard InChI is InChI=1S/C23H19ClN2O3S/c1-3-29-22(28)19-14(2)25-23-26(20(19)16-7-5-4-6-8-16)21(27)18(30-23)13-15-9-11-17(24)12-10-15/h4-13,20H,3H2,1-2H3/t20-/m0/s1. The van der Waals surface area contributed by atoms with Crippen molar-refractivity contribution in [1.82, 2.24) is 4.57 Å². The van der Waals surface area contributed by atoms with Crippen LogP contribution in [0.15, 0.2) is 75.7 Å². The third-order valence-electron chi connectivity index (χ3n) is 4.80. The number of hydrogen-bond donors (Lipinski definition) is 0. The number of carbonyl (C=O) groups is 1. The molecule has 0 radical (unpaired) electrons. The fourth-order valence-corrected chi connectivity index (χ4v) is 4.63. The molecule has 2 heterocycles. The number of carbonyl (C=O) groups excluding carboxylic acids is 1. The third kappa shape index (κ3) is 3.76. The van der Waals surface area contributed by atoms with Gasteiger partial charge in [-0.2, -0.15) is 0 Å². The fourth-order valence-electron chi connectivity index (χ4n) is 3.45. The number of ether oxygens (including phenoxy) is 1. The topological polar surface area (TPSA) is 60.7 Å². The molecule has 0 unspecified atom stereocenters. The van der Waals surface area contributed by atoms with Crippen molar-refractivity contribution in [2.75, 3.05) is 6.61 Å².